The average molecular weight is 750 g/mol. The van der Waals surface area contributed by atoms with Crippen LogP contribution in [0.2, 0.25) is 0 Å². The van der Waals surface area contributed by atoms with Gasteiger partial charge in [-0.15, -0.1) is 0 Å². The number of benzene rings is 1. The van der Waals surface area contributed by atoms with Crippen LogP contribution in [0.15, 0.2) is 24.3 Å². The zero-order chi connectivity index (χ0) is 38.1. The number of hydrogen-bond acceptors (Lipinski definition) is 2. The Kier molecular flexibility index (Phi) is 10.3. The van der Waals surface area contributed by atoms with E-state index in [0.29, 0.717) is 24.3 Å². The molecule has 47 heavy (non-hydrogen) atoms. The Morgan fingerprint density at radius 3 is 1.06 bits per heavy atom. The van der Waals surface area contributed by atoms with Crippen molar-refractivity contribution in [3.8, 4) is 5.75 Å². The summed E-state index contributed by atoms with van der Waals surface area (Å²) >= 11 is 0. The highest BCUT2D eigenvalue weighted by molar-refractivity contribution is 5.94. The molecule has 1 rings (SSSR count). The number of halogens is 24. The second kappa shape index (κ2) is 11.6. The van der Waals surface area contributed by atoms with E-state index in [4.69, 9.17) is 0 Å². The number of Topliss-reactive ketones (excluding diaryl/α,β-unsaturated/α-hetero) is 1. The van der Waals surface area contributed by atoms with Gasteiger partial charge in [0.2, 0.25) is 0 Å². The number of alkyl halides is 24. The number of rotatable bonds is 15. The van der Waals surface area contributed by atoms with Crippen molar-refractivity contribution in [3.63, 3.8) is 0 Å². The first kappa shape index (κ1) is 42.0. The molecule has 0 atom stereocenters. The highest BCUT2D eigenvalue weighted by Crippen LogP contribution is 2.67. The Bertz CT molecular complexity index is 1280. The SMILES string of the molecule is CC(=O)c1ccc(OCC(F)(F)C(F)(F)C(F)(F)C(F)(F)C(F)(F)C(F)(F)C(F)(F)C(F)(F)C(F)(F)C(F)(F)C(F)(F)C(F)F)cc1. The van der Waals surface area contributed by atoms with Gasteiger partial charge in [-0.2, -0.15) is 96.6 Å². The maximum Gasteiger partial charge on any atom is 0.385 e. The maximum atomic E-state index is 14.0. The molecule has 0 aliphatic carbocycles. The third-order valence-electron chi connectivity index (χ3n) is 5.99. The summed E-state index contributed by atoms with van der Waals surface area (Å²) in [6.45, 7) is -2.42. The maximum absolute atomic E-state index is 14.0. The second-order valence-corrected chi connectivity index (χ2v) is 9.17. The van der Waals surface area contributed by atoms with Gasteiger partial charge in [0.05, 0.1) is 0 Å². The lowest BCUT2D eigenvalue weighted by atomic mass is 9.84. The molecule has 26 heteroatoms. The number of carbonyl (C=O) groups excluding carboxylic acids is 1. The van der Waals surface area contributed by atoms with Gasteiger partial charge >= 0.3 is 71.6 Å². The quantitative estimate of drug-likeness (QED) is 0.132. The van der Waals surface area contributed by atoms with Crippen molar-refractivity contribution in [2.75, 3.05) is 6.61 Å². The van der Waals surface area contributed by atoms with E-state index in [0.717, 1.165) is 6.92 Å². The molecule has 0 saturated heterocycles. The molecule has 0 N–H and O–H groups in total. The van der Waals surface area contributed by atoms with Gasteiger partial charge in [-0.05, 0) is 31.2 Å². The number of carbonyl (C=O) groups is 1. The Balaban J connectivity index is 3.69. The monoisotopic (exact) mass is 750 g/mol. The topological polar surface area (TPSA) is 26.3 Å². The summed E-state index contributed by atoms with van der Waals surface area (Å²) in [6.07, 6.45) is -6.27. The first-order valence-electron chi connectivity index (χ1n) is 11.0. The highest BCUT2D eigenvalue weighted by atomic mass is 19.4. The minimum atomic E-state index is -9.52. The lowest BCUT2D eigenvalue weighted by molar-refractivity contribution is -0.476. The Morgan fingerprint density at radius 1 is 0.511 bits per heavy atom. The number of ketones is 1. The highest BCUT2D eigenvalue weighted by Gasteiger charge is 2.98. The molecule has 0 aliphatic heterocycles. The van der Waals surface area contributed by atoms with E-state index in [1.165, 1.54) is 0 Å². The van der Waals surface area contributed by atoms with Crippen molar-refractivity contribution in [3.05, 3.63) is 29.8 Å². The molecule has 274 valence electrons. The third kappa shape index (κ3) is 5.66. The Hall–Kier alpha value is -2.99. The molecular weight excluding hydrogens is 740 g/mol. The van der Waals surface area contributed by atoms with Crippen LogP contribution in [-0.2, 0) is 0 Å². The molecule has 0 saturated carbocycles. The minimum Gasteiger partial charge on any atom is -0.487 e. The van der Waals surface area contributed by atoms with Gasteiger partial charge < -0.3 is 4.74 Å². The van der Waals surface area contributed by atoms with E-state index in [9.17, 15) is 110 Å². The van der Waals surface area contributed by atoms with Gasteiger partial charge in [-0.25, -0.2) is 8.78 Å². The minimum absolute atomic E-state index is 0.268. The molecule has 0 fully saturated rings. The Morgan fingerprint density at radius 2 is 0.787 bits per heavy atom. The molecule has 2 nitrogen and oxygen atoms in total. The van der Waals surface area contributed by atoms with Gasteiger partial charge in [-0.3, -0.25) is 4.79 Å². The molecule has 0 aliphatic rings. The summed E-state index contributed by atoms with van der Waals surface area (Å²) in [4.78, 5) is 11.1. The first-order valence-corrected chi connectivity index (χ1v) is 11.0. The largest absolute Gasteiger partial charge is 0.487 e. The molecule has 0 unspecified atom stereocenters. The van der Waals surface area contributed by atoms with Crippen LogP contribution >= 0.6 is 0 Å². The van der Waals surface area contributed by atoms with E-state index in [1.54, 1.807) is 0 Å². The summed E-state index contributed by atoms with van der Waals surface area (Å²) in [6, 6.07) is 2.21. The summed E-state index contributed by atoms with van der Waals surface area (Å²) < 4.78 is 329. The van der Waals surface area contributed by atoms with Gasteiger partial charge in [0, 0.05) is 5.56 Å². The molecule has 1 aromatic carbocycles. The van der Waals surface area contributed by atoms with Crippen LogP contribution in [0, 0.1) is 0 Å². The van der Waals surface area contributed by atoms with Gasteiger partial charge in [-0.1, -0.05) is 0 Å². The van der Waals surface area contributed by atoms with Crippen molar-refractivity contribution >= 4 is 5.78 Å². The molecule has 0 spiro atoms. The van der Waals surface area contributed by atoms with Crippen LogP contribution in [0.1, 0.15) is 17.3 Å². The molecule has 1 aromatic rings. The first-order chi connectivity index (χ1) is 20.3. The van der Waals surface area contributed by atoms with E-state index in [2.05, 4.69) is 4.74 Å². The lowest BCUT2D eigenvalue weighted by Crippen LogP contribution is -2.78. The van der Waals surface area contributed by atoms with Crippen molar-refractivity contribution in [2.45, 2.75) is 78.5 Å². The molecular formula is C21H10F24O2. The molecule has 0 heterocycles. The molecule has 0 bridgehead atoms. The average Bonchev–Trinajstić information content (AvgIpc) is 2.90. The van der Waals surface area contributed by atoms with Gasteiger partial charge in [0.25, 0.3) is 0 Å². The summed E-state index contributed by atoms with van der Waals surface area (Å²) in [5, 5.41) is 0. The van der Waals surface area contributed by atoms with Crippen LogP contribution in [0.3, 0.4) is 0 Å². The smallest absolute Gasteiger partial charge is 0.385 e. The summed E-state index contributed by atoms with van der Waals surface area (Å²) in [5.74, 6) is -98.8. The molecule has 0 amide bonds. The van der Waals surface area contributed by atoms with E-state index in [-0.39, 0.29) is 5.56 Å². The van der Waals surface area contributed by atoms with Crippen molar-refractivity contribution in [1.29, 1.82) is 0 Å². The second-order valence-electron chi connectivity index (χ2n) is 9.17. The van der Waals surface area contributed by atoms with E-state index in [1.807, 2.05) is 0 Å². The van der Waals surface area contributed by atoms with Crippen molar-refractivity contribution in [2.24, 2.45) is 0 Å². The van der Waals surface area contributed by atoms with Gasteiger partial charge in [0.15, 0.2) is 12.4 Å². The number of ether oxygens (including phenoxy) is 1. The zero-order valence-electron chi connectivity index (χ0n) is 21.5. The van der Waals surface area contributed by atoms with Crippen LogP contribution in [0.5, 0.6) is 5.75 Å². The standard InChI is InChI=1S/C21H10F24O2/c1-7(46)8-2-4-9(5-3-8)47-6-11(24,25)13(28,29)15(32,33)17(36,37)19(40,41)21(44,45)20(42,43)18(38,39)16(34,35)14(30,31)12(26,27)10(22)23/h2-5,10H,6H2,1H3. The van der Waals surface area contributed by atoms with Crippen LogP contribution in [0.25, 0.3) is 0 Å². The van der Waals surface area contributed by atoms with Crippen LogP contribution < -0.4 is 4.74 Å². The third-order valence-corrected chi connectivity index (χ3v) is 5.99. The normalized spacial score (nSPS) is 15.7. The zero-order valence-corrected chi connectivity index (χ0v) is 21.5. The molecule has 0 radical (unpaired) electrons. The fourth-order valence-corrected chi connectivity index (χ4v) is 3.01. The fourth-order valence-electron chi connectivity index (χ4n) is 3.01. The fraction of sp³-hybridized carbons (Fsp3) is 0.667. The summed E-state index contributed by atoms with van der Waals surface area (Å²) in [5.41, 5.74) is -0.268. The van der Waals surface area contributed by atoms with Gasteiger partial charge in [0.1, 0.15) is 5.75 Å². The van der Waals surface area contributed by atoms with E-state index >= 15 is 0 Å². The Labute approximate surface area is 242 Å². The molecule has 0 aromatic heterocycles. The van der Waals surface area contributed by atoms with Crippen LogP contribution in [-0.4, -0.2) is 84.0 Å². The lowest BCUT2D eigenvalue weighted by Gasteiger charge is -2.45. The summed E-state index contributed by atoms with van der Waals surface area (Å²) in [7, 11) is 0. The van der Waals surface area contributed by atoms with Crippen molar-refractivity contribution < 1.29 is 115 Å². The predicted octanol–water partition coefficient (Wildman–Crippen LogP) is 9.52. The van der Waals surface area contributed by atoms with Crippen LogP contribution in [0.4, 0.5) is 105 Å². The van der Waals surface area contributed by atoms with E-state index < -0.39 is 89.7 Å². The number of hydrogen-bond donors (Lipinski definition) is 0. The predicted molar refractivity (Wildman–Crippen MR) is 102 cm³/mol. The van der Waals surface area contributed by atoms with Crippen molar-refractivity contribution in [1.82, 2.24) is 0 Å².